The summed E-state index contributed by atoms with van der Waals surface area (Å²) in [7, 11) is 0. The SMILES string of the molecule is CCSC(=S)SC(O)C(=O)O. The van der Waals surface area contributed by atoms with E-state index >= 15 is 0 Å². The normalized spacial score (nSPS) is 12.5. The van der Waals surface area contributed by atoms with Crippen LogP contribution in [0.4, 0.5) is 0 Å². The lowest BCUT2D eigenvalue weighted by molar-refractivity contribution is -0.141. The highest BCUT2D eigenvalue weighted by atomic mass is 32.2. The molecule has 0 fully saturated rings. The number of aliphatic hydroxyl groups excluding tert-OH is 1. The first-order valence-electron chi connectivity index (χ1n) is 2.82. The second-order valence-corrected chi connectivity index (χ2v) is 5.04. The molecule has 11 heavy (non-hydrogen) atoms. The van der Waals surface area contributed by atoms with E-state index in [1.165, 1.54) is 11.8 Å². The van der Waals surface area contributed by atoms with Crippen LogP contribution in [0.2, 0.25) is 0 Å². The first-order valence-corrected chi connectivity index (χ1v) is 5.09. The molecule has 0 spiro atoms. The molecule has 0 saturated heterocycles. The van der Waals surface area contributed by atoms with Gasteiger partial charge in [0.15, 0.2) is 0 Å². The third-order valence-electron chi connectivity index (χ3n) is 0.681. The number of carboxylic acids is 1. The van der Waals surface area contributed by atoms with Gasteiger partial charge in [-0.05, 0) is 5.75 Å². The monoisotopic (exact) mass is 212 g/mol. The van der Waals surface area contributed by atoms with E-state index in [0.717, 1.165) is 17.5 Å². The van der Waals surface area contributed by atoms with Crippen LogP contribution in [0.25, 0.3) is 0 Å². The van der Waals surface area contributed by atoms with E-state index in [4.69, 9.17) is 22.4 Å². The molecule has 0 aromatic carbocycles. The third-order valence-corrected chi connectivity index (χ3v) is 3.11. The number of aliphatic hydroxyl groups is 1. The third kappa shape index (κ3) is 5.49. The topological polar surface area (TPSA) is 57.5 Å². The summed E-state index contributed by atoms with van der Waals surface area (Å²) in [6, 6.07) is 0. The van der Waals surface area contributed by atoms with Gasteiger partial charge in [-0.15, -0.1) is 11.8 Å². The zero-order valence-corrected chi connectivity index (χ0v) is 8.26. The van der Waals surface area contributed by atoms with Crippen LogP contribution in [0.1, 0.15) is 6.92 Å². The molecular weight excluding hydrogens is 204 g/mol. The van der Waals surface area contributed by atoms with E-state index in [1.54, 1.807) is 0 Å². The van der Waals surface area contributed by atoms with Crippen molar-refractivity contribution in [3.63, 3.8) is 0 Å². The molecule has 64 valence electrons. The van der Waals surface area contributed by atoms with E-state index in [2.05, 4.69) is 0 Å². The molecule has 2 N–H and O–H groups in total. The average molecular weight is 212 g/mol. The van der Waals surface area contributed by atoms with Gasteiger partial charge in [0.25, 0.3) is 0 Å². The Bertz CT molecular complexity index is 159. The van der Waals surface area contributed by atoms with Crippen molar-refractivity contribution in [1.82, 2.24) is 0 Å². The molecule has 0 radical (unpaired) electrons. The number of carbonyl (C=O) groups is 1. The molecule has 1 atom stereocenters. The van der Waals surface area contributed by atoms with E-state index in [-0.39, 0.29) is 0 Å². The number of thioether (sulfide) groups is 2. The van der Waals surface area contributed by atoms with E-state index in [0.29, 0.717) is 3.53 Å². The van der Waals surface area contributed by atoms with Crippen molar-refractivity contribution in [3.8, 4) is 0 Å². The Balaban J connectivity index is 3.66. The molecule has 0 aliphatic carbocycles. The molecule has 0 aliphatic heterocycles. The Morgan fingerprint density at radius 1 is 1.73 bits per heavy atom. The van der Waals surface area contributed by atoms with Crippen molar-refractivity contribution < 1.29 is 15.0 Å². The van der Waals surface area contributed by atoms with Gasteiger partial charge in [-0.3, -0.25) is 0 Å². The van der Waals surface area contributed by atoms with Gasteiger partial charge < -0.3 is 10.2 Å². The highest BCUT2D eigenvalue weighted by Gasteiger charge is 2.15. The van der Waals surface area contributed by atoms with Crippen LogP contribution in [-0.2, 0) is 4.79 Å². The Morgan fingerprint density at radius 2 is 2.27 bits per heavy atom. The van der Waals surface area contributed by atoms with Gasteiger partial charge in [-0.2, -0.15) is 0 Å². The number of aliphatic carboxylic acids is 1. The van der Waals surface area contributed by atoms with Gasteiger partial charge >= 0.3 is 5.97 Å². The van der Waals surface area contributed by atoms with E-state index in [9.17, 15) is 4.79 Å². The molecule has 0 saturated carbocycles. The molecule has 0 aliphatic rings. The summed E-state index contributed by atoms with van der Waals surface area (Å²) in [6.45, 7) is 1.91. The van der Waals surface area contributed by atoms with Crippen LogP contribution in [-0.4, -0.2) is 30.9 Å². The van der Waals surface area contributed by atoms with Crippen LogP contribution in [0.15, 0.2) is 0 Å². The summed E-state index contributed by atoms with van der Waals surface area (Å²) < 4.78 is 0.461. The maximum absolute atomic E-state index is 10.1. The summed E-state index contributed by atoms with van der Waals surface area (Å²) in [5.74, 6) is -0.466. The number of hydrogen-bond acceptors (Lipinski definition) is 5. The van der Waals surface area contributed by atoms with Gasteiger partial charge in [0.1, 0.15) is 3.53 Å². The molecule has 1 unspecified atom stereocenters. The minimum atomic E-state index is -1.43. The van der Waals surface area contributed by atoms with Gasteiger partial charge in [0.05, 0.1) is 0 Å². The number of hydrogen-bond donors (Lipinski definition) is 2. The molecule has 0 bridgehead atoms. The predicted octanol–water partition coefficient (Wildman–Crippen LogP) is 1.16. The Kier molecular flexibility index (Phi) is 5.93. The summed E-state index contributed by atoms with van der Waals surface area (Å²) in [5, 5.41) is 17.0. The zero-order valence-electron chi connectivity index (χ0n) is 5.81. The van der Waals surface area contributed by atoms with Crippen LogP contribution in [0.5, 0.6) is 0 Å². The molecule has 0 aromatic rings. The maximum Gasteiger partial charge on any atom is 0.343 e. The second-order valence-electron chi connectivity index (χ2n) is 1.49. The molecule has 0 aromatic heterocycles. The summed E-state index contributed by atoms with van der Waals surface area (Å²) in [5.41, 5.74) is -1.43. The van der Waals surface area contributed by atoms with Crippen molar-refractivity contribution in [3.05, 3.63) is 0 Å². The molecule has 3 nitrogen and oxygen atoms in total. The summed E-state index contributed by atoms with van der Waals surface area (Å²) >= 11 is 6.88. The molecule has 0 heterocycles. The molecule has 0 rings (SSSR count). The largest absolute Gasteiger partial charge is 0.479 e. The molecular formula is C5H8O3S3. The van der Waals surface area contributed by atoms with E-state index < -0.39 is 11.4 Å². The predicted molar refractivity (Wildman–Crippen MR) is 52.0 cm³/mol. The first-order chi connectivity index (χ1) is 5.07. The van der Waals surface area contributed by atoms with Crippen molar-refractivity contribution in [2.24, 2.45) is 0 Å². The van der Waals surface area contributed by atoms with Gasteiger partial charge in [0.2, 0.25) is 5.44 Å². The molecule has 0 amide bonds. The lowest BCUT2D eigenvalue weighted by Crippen LogP contribution is -2.16. The zero-order chi connectivity index (χ0) is 8.85. The molecule has 6 heteroatoms. The summed E-state index contributed by atoms with van der Waals surface area (Å²) in [4.78, 5) is 10.1. The minimum absolute atomic E-state index is 0.461. The number of thiocarbonyl (C=S) groups is 1. The maximum atomic E-state index is 10.1. The lowest BCUT2D eigenvalue weighted by Gasteiger charge is -2.03. The van der Waals surface area contributed by atoms with E-state index in [1.807, 2.05) is 6.92 Å². The van der Waals surface area contributed by atoms with Crippen molar-refractivity contribution in [2.45, 2.75) is 12.4 Å². The standard InChI is InChI=1S/C5H8O3S3/c1-2-10-5(9)11-4(8)3(6)7/h4,8H,2H2,1H3,(H,6,7). The highest BCUT2D eigenvalue weighted by molar-refractivity contribution is 8.47. The van der Waals surface area contributed by atoms with Crippen LogP contribution in [0, 0.1) is 0 Å². The Morgan fingerprint density at radius 3 is 2.64 bits per heavy atom. The second kappa shape index (κ2) is 5.82. The van der Waals surface area contributed by atoms with Crippen LogP contribution in [0.3, 0.4) is 0 Å². The summed E-state index contributed by atoms with van der Waals surface area (Å²) in [6.07, 6.45) is 0. The van der Waals surface area contributed by atoms with Crippen LogP contribution < -0.4 is 0 Å². The Labute approximate surface area is 78.6 Å². The van der Waals surface area contributed by atoms with Crippen LogP contribution >= 0.6 is 35.7 Å². The average Bonchev–Trinajstić information content (AvgIpc) is 1.87. The number of rotatable bonds is 3. The highest BCUT2D eigenvalue weighted by Crippen LogP contribution is 2.20. The van der Waals surface area contributed by atoms with Gasteiger partial charge in [-0.25, -0.2) is 4.79 Å². The van der Waals surface area contributed by atoms with Gasteiger partial charge in [-0.1, -0.05) is 30.9 Å². The smallest absolute Gasteiger partial charge is 0.343 e. The minimum Gasteiger partial charge on any atom is -0.479 e. The van der Waals surface area contributed by atoms with Crippen molar-refractivity contribution in [2.75, 3.05) is 5.75 Å². The lowest BCUT2D eigenvalue weighted by atomic mass is 10.7. The first kappa shape index (κ1) is 11.2. The quantitative estimate of drug-likeness (QED) is 0.541. The van der Waals surface area contributed by atoms with Gasteiger partial charge in [0, 0.05) is 0 Å². The Hall–Kier alpha value is 0.220. The fourth-order valence-electron chi connectivity index (χ4n) is 0.293. The van der Waals surface area contributed by atoms with Crippen molar-refractivity contribution in [1.29, 1.82) is 0 Å². The fourth-order valence-corrected chi connectivity index (χ4v) is 2.34. The number of carboxylic acid groups (broad SMARTS) is 1. The van der Waals surface area contributed by atoms with Crippen molar-refractivity contribution >= 4 is 45.2 Å². The fraction of sp³-hybridized carbons (Fsp3) is 0.600.